The molecule has 0 saturated carbocycles. The number of nitrogens with one attached hydrogen (secondary N) is 1. The van der Waals surface area contributed by atoms with Crippen LogP contribution in [0, 0.1) is 0 Å². The first kappa shape index (κ1) is 16.7. The summed E-state index contributed by atoms with van der Waals surface area (Å²) >= 11 is 1.46. The first-order valence-corrected chi connectivity index (χ1v) is 9.15. The van der Waals surface area contributed by atoms with Gasteiger partial charge in [-0.3, -0.25) is 4.79 Å². The van der Waals surface area contributed by atoms with Gasteiger partial charge in [-0.15, -0.1) is 11.3 Å². The Hall–Kier alpha value is -2.15. The van der Waals surface area contributed by atoms with E-state index in [1.54, 1.807) is 5.51 Å². The lowest BCUT2D eigenvalue weighted by molar-refractivity contribution is 0.0756. The summed E-state index contributed by atoms with van der Waals surface area (Å²) in [5, 5.41) is 5.37. The van der Waals surface area contributed by atoms with Crippen molar-refractivity contribution in [2.45, 2.75) is 25.3 Å². The topological polar surface area (TPSA) is 61.4 Å². The summed E-state index contributed by atoms with van der Waals surface area (Å²) in [5.74, 6) is 0.996. The summed E-state index contributed by atoms with van der Waals surface area (Å²) in [7, 11) is 3.96. The molecular formula is C17H23N5OS. The van der Waals surface area contributed by atoms with Gasteiger partial charge in [0.25, 0.3) is 5.91 Å². The van der Waals surface area contributed by atoms with Crippen molar-refractivity contribution in [2.24, 2.45) is 0 Å². The first-order chi connectivity index (χ1) is 11.6. The number of carbonyl (C=O) groups is 1. The van der Waals surface area contributed by atoms with Gasteiger partial charge in [-0.2, -0.15) is 0 Å². The van der Waals surface area contributed by atoms with Gasteiger partial charge in [0.05, 0.1) is 17.4 Å². The Morgan fingerprint density at radius 1 is 1.29 bits per heavy atom. The quantitative estimate of drug-likeness (QED) is 0.923. The summed E-state index contributed by atoms with van der Waals surface area (Å²) in [6.07, 6.45) is 4.86. The van der Waals surface area contributed by atoms with Gasteiger partial charge >= 0.3 is 0 Å². The minimum Gasteiger partial charge on any atom is -0.381 e. The van der Waals surface area contributed by atoms with Crippen LogP contribution in [0.25, 0.3) is 0 Å². The third kappa shape index (κ3) is 4.03. The van der Waals surface area contributed by atoms with E-state index >= 15 is 0 Å². The van der Waals surface area contributed by atoms with Crippen molar-refractivity contribution < 1.29 is 4.79 Å². The first-order valence-electron chi connectivity index (χ1n) is 8.21. The number of carbonyl (C=O) groups excluding carboxylic acids is 1. The van der Waals surface area contributed by atoms with E-state index in [9.17, 15) is 4.79 Å². The molecule has 3 heterocycles. The average Bonchev–Trinajstić information content (AvgIpc) is 3.02. The van der Waals surface area contributed by atoms with Crippen molar-refractivity contribution >= 4 is 28.7 Å². The molecule has 2 aromatic heterocycles. The van der Waals surface area contributed by atoms with Crippen molar-refractivity contribution in [3.05, 3.63) is 34.9 Å². The number of aromatic nitrogens is 2. The fraction of sp³-hybridized carbons (Fsp3) is 0.471. The Morgan fingerprint density at radius 2 is 2.17 bits per heavy atom. The SMILES string of the molecule is CN(C)c1ccc(NC2CCCN(C(=O)c3cscn3)CC2)cn1. The van der Waals surface area contributed by atoms with Crippen molar-refractivity contribution in [1.82, 2.24) is 14.9 Å². The van der Waals surface area contributed by atoms with Crippen LogP contribution in [0.1, 0.15) is 29.8 Å². The second-order valence-electron chi connectivity index (χ2n) is 6.24. The highest BCUT2D eigenvalue weighted by molar-refractivity contribution is 7.07. The van der Waals surface area contributed by atoms with Crippen molar-refractivity contribution in [2.75, 3.05) is 37.4 Å². The van der Waals surface area contributed by atoms with Gasteiger partial charge in [-0.05, 0) is 31.4 Å². The molecule has 1 N–H and O–H groups in total. The highest BCUT2D eigenvalue weighted by atomic mass is 32.1. The molecule has 2 aromatic rings. The number of thiazole rings is 1. The third-order valence-corrected chi connectivity index (χ3v) is 4.83. The van der Waals surface area contributed by atoms with Crippen LogP contribution in [0.2, 0.25) is 0 Å². The molecule has 1 fully saturated rings. The summed E-state index contributed by atoms with van der Waals surface area (Å²) in [6.45, 7) is 1.56. The van der Waals surface area contributed by atoms with Crippen LogP contribution in [0.4, 0.5) is 11.5 Å². The average molecular weight is 345 g/mol. The number of anilines is 2. The van der Waals surface area contributed by atoms with Gasteiger partial charge in [0.1, 0.15) is 11.5 Å². The van der Waals surface area contributed by atoms with Crippen LogP contribution < -0.4 is 10.2 Å². The fourth-order valence-electron chi connectivity index (χ4n) is 2.90. The Kier molecular flexibility index (Phi) is 5.30. The fourth-order valence-corrected chi connectivity index (χ4v) is 3.42. The van der Waals surface area contributed by atoms with E-state index in [-0.39, 0.29) is 5.91 Å². The van der Waals surface area contributed by atoms with Crippen LogP contribution in [0.5, 0.6) is 0 Å². The highest BCUT2D eigenvalue weighted by Crippen LogP contribution is 2.19. The van der Waals surface area contributed by atoms with Crippen LogP contribution in [-0.4, -0.2) is 54.0 Å². The molecule has 1 aliphatic rings. The molecule has 0 aliphatic carbocycles. The number of hydrogen-bond donors (Lipinski definition) is 1. The van der Waals surface area contributed by atoms with Gasteiger partial charge in [-0.25, -0.2) is 9.97 Å². The van der Waals surface area contributed by atoms with E-state index in [0.717, 1.165) is 43.9 Å². The van der Waals surface area contributed by atoms with E-state index in [0.29, 0.717) is 11.7 Å². The number of amides is 1. The number of pyridine rings is 1. The van der Waals surface area contributed by atoms with Crippen molar-refractivity contribution in [1.29, 1.82) is 0 Å². The molecule has 7 heteroatoms. The molecule has 0 aromatic carbocycles. The van der Waals surface area contributed by atoms with Gasteiger partial charge in [0.15, 0.2) is 0 Å². The summed E-state index contributed by atoms with van der Waals surface area (Å²) in [5.41, 5.74) is 3.31. The zero-order valence-corrected chi connectivity index (χ0v) is 14.9. The van der Waals surface area contributed by atoms with E-state index in [1.807, 2.05) is 41.5 Å². The Morgan fingerprint density at radius 3 is 2.83 bits per heavy atom. The number of hydrogen-bond acceptors (Lipinski definition) is 6. The molecule has 6 nitrogen and oxygen atoms in total. The van der Waals surface area contributed by atoms with Crippen LogP contribution in [0.15, 0.2) is 29.2 Å². The van der Waals surface area contributed by atoms with Crippen LogP contribution >= 0.6 is 11.3 Å². The number of rotatable bonds is 4. The molecule has 0 bridgehead atoms. The molecule has 24 heavy (non-hydrogen) atoms. The predicted octanol–water partition coefficient (Wildman–Crippen LogP) is 2.71. The summed E-state index contributed by atoms with van der Waals surface area (Å²) in [6, 6.07) is 4.44. The van der Waals surface area contributed by atoms with Gasteiger partial charge in [0.2, 0.25) is 0 Å². The molecule has 128 valence electrons. The monoisotopic (exact) mass is 345 g/mol. The molecule has 0 spiro atoms. The molecule has 3 rings (SSSR count). The van der Waals surface area contributed by atoms with Crippen molar-refractivity contribution in [3.63, 3.8) is 0 Å². The maximum atomic E-state index is 12.4. The largest absolute Gasteiger partial charge is 0.381 e. The van der Waals surface area contributed by atoms with Crippen LogP contribution in [0.3, 0.4) is 0 Å². The number of nitrogens with zero attached hydrogens (tertiary/aromatic N) is 4. The zero-order valence-electron chi connectivity index (χ0n) is 14.1. The maximum absolute atomic E-state index is 12.4. The minimum atomic E-state index is 0.0499. The van der Waals surface area contributed by atoms with Crippen LogP contribution in [-0.2, 0) is 0 Å². The predicted molar refractivity (Wildman–Crippen MR) is 97.8 cm³/mol. The molecular weight excluding hydrogens is 322 g/mol. The number of likely N-dealkylation sites (tertiary alicyclic amines) is 1. The Balaban J connectivity index is 1.56. The molecule has 1 aliphatic heterocycles. The molecule has 0 radical (unpaired) electrons. The molecule has 1 atom stereocenters. The Bertz CT molecular complexity index is 656. The standard InChI is InChI=1S/C17H23N5OS/c1-21(2)16-6-5-14(10-18-16)20-13-4-3-8-22(9-7-13)17(23)15-11-24-12-19-15/h5-6,10-13,20H,3-4,7-9H2,1-2H3. The van der Waals surface area contributed by atoms with E-state index < -0.39 is 0 Å². The molecule has 1 saturated heterocycles. The van der Waals surface area contributed by atoms with Gasteiger partial charge in [-0.1, -0.05) is 0 Å². The van der Waals surface area contributed by atoms with Gasteiger partial charge in [0, 0.05) is 38.6 Å². The zero-order chi connectivity index (χ0) is 16.9. The lowest BCUT2D eigenvalue weighted by Gasteiger charge is -2.20. The summed E-state index contributed by atoms with van der Waals surface area (Å²) in [4.78, 5) is 24.9. The second kappa shape index (κ2) is 7.61. The second-order valence-corrected chi connectivity index (χ2v) is 6.96. The normalized spacial score (nSPS) is 18.1. The van der Waals surface area contributed by atoms with E-state index in [4.69, 9.17) is 0 Å². The summed E-state index contributed by atoms with van der Waals surface area (Å²) < 4.78 is 0. The smallest absolute Gasteiger partial charge is 0.273 e. The van der Waals surface area contributed by atoms with E-state index in [2.05, 4.69) is 21.4 Å². The molecule has 1 amide bonds. The molecule has 1 unspecified atom stereocenters. The minimum absolute atomic E-state index is 0.0499. The van der Waals surface area contributed by atoms with E-state index in [1.165, 1.54) is 11.3 Å². The maximum Gasteiger partial charge on any atom is 0.273 e. The highest BCUT2D eigenvalue weighted by Gasteiger charge is 2.22. The van der Waals surface area contributed by atoms with Crippen molar-refractivity contribution in [3.8, 4) is 0 Å². The lowest BCUT2D eigenvalue weighted by Crippen LogP contribution is -2.32. The third-order valence-electron chi connectivity index (χ3n) is 4.24. The Labute approximate surface area is 146 Å². The lowest BCUT2D eigenvalue weighted by atomic mass is 10.1. The van der Waals surface area contributed by atoms with Gasteiger partial charge < -0.3 is 15.1 Å².